The molecule has 1 amide bonds. The van der Waals surface area contributed by atoms with E-state index in [-0.39, 0.29) is 11.9 Å². The smallest absolute Gasteiger partial charge is 0.340 e. The third-order valence-corrected chi connectivity index (χ3v) is 8.43. The third kappa shape index (κ3) is 8.42. The summed E-state index contributed by atoms with van der Waals surface area (Å²) in [5.74, 6) is 0.535. The topological polar surface area (TPSA) is 64.6 Å². The number of rotatable bonds is 8. The predicted octanol–water partition coefficient (Wildman–Crippen LogP) is 6.15. The van der Waals surface area contributed by atoms with Crippen LogP contribution < -0.4 is 5.32 Å². The molecule has 228 valence electrons. The van der Waals surface area contributed by atoms with Gasteiger partial charge in [0.25, 0.3) is 0 Å². The first-order chi connectivity index (χ1) is 20.6. The first-order valence-electron chi connectivity index (χ1n) is 14.9. The zero-order chi connectivity index (χ0) is 30.4. The molecule has 5 rings (SSSR count). The lowest BCUT2D eigenvalue weighted by Crippen LogP contribution is -2.51. The van der Waals surface area contributed by atoms with E-state index in [0.29, 0.717) is 24.0 Å². The monoisotopic (exact) mass is 592 g/mol. The number of aromatic nitrogens is 2. The number of likely N-dealkylation sites (tertiary alicyclic amines) is 2. The summed E-state index contributed by atoms with van der Waals surface area (Å²) in [6.45, 7) is 6.44. The minimum Gasteiger partial charge on any atom is -0.340 e. The molecule has 1 aromatic carbocycles. The largest absolute Gasteiger partial charge is 0.416 e. The van der Waals surface area contributed by atoms with E-state index in [1.807, 2.05) is 36.1 Å². The standard InChI is InChI=1S/C33H39F3N6O/c1-24-21-28(11-16-37-24)39-31-9-5-26(22-38-31)23-42(30-14-19-41(20-15-30)29-12-17-40(2)18-13-29)32(43)10-6-25-3-7-27(8-4-25)33(34,35)36/h3-11,16,21-22,29-30H,12-15,17-20,23H2,1-2H3,(H,37,38,39). The maximum Gasteiger partial charge on any atom is 0.416 e. The summed E-state index contributed by atoms with van der Waals surface area (Å²) in [6, 6.07) is 13.2. The maximum absolute atomic E-state index is 13.6. The second kappa shape index (κ2) is 13.7. The van der Waals surface area contributed by atoms with Crippen LogP contribution in [0.1, 0.15) is 48.1 Å². The Kier molecular flexibility index (Phi) is 9.77. The fourth-order valence-corrected chi connectivity index (χ4v) is 5.92. The fraction of sp³-hybridized carbons (Fsp3) is 0.424. The Bertz CT molecular complexity index is 1380. The minimum atomic E-state index is -4.40. The molecule has 4 heterocycles. The third-order valence-electron chi connectivity index (χ3n) is 8.43. The maximum atomic E-state index is 13.6. The summed E-state index contributed by atoms with van der Waals surface area (Å²) in [7, 11) is 2.17. The number of amides is 1. The van der Waals surface area contributed by atoms with Gasteiger partial charge >= 0.3 is 6.18 Å². The van der Waals surface area contributed by atoms with E-state index in [1.54, 1.807) is 18.5 Å². The minimum absolute atomic E-state index is 0.0601. The van der Waals surface area contributed by atoms with Gasteiger partial charge in [-0.2, -0.15) is 13.2 Å². The first-order valence-corrected chi connectivity index (χ1v) is 14.9. The quantitative estimate of drug-likeness (QED) is 0.317. The molecule has 0 unspecified atom stereocenters. The second-order valence-electron chi connectivity index (χ2n) is 11.6. The van der Waals surface area contributed by atoms with Crippen LogP contribution in [0.2, 0.25) is 0 Å². The summed E-state index contributed by atoms with van der Waals surface area (Å²) in [6.07, 6.45) is 6.28. The van der Waals surface area contributed by atoms with Crippen LogP contribution in [0, 0.1) is 6.92 Å². The molecule has 10 heteroatoms. The van der Waals surface area contributed by atoms with Crippen molar-refractivity contribution in [2.45, 2.75) is 57.4 Å². The number of nitrogens with zero attached hydrogens (tertiary/aromatic N) is 5. The zero-order valence-corrected chi connectivity index (χ0v) is 24.7. The van der Waals surface area contributed by atoms with Crippen LogP contribution in [0.5, 0.6) is 0 Å². The van der Waals surface area contributed by atoms with Gasteiger partial charge < -0.3 is 20.0 Å². The van der Waals surface area contributed by atoms with Crippen molar-refractivity contribution in [2.24, 2.45) is 0 Å². The van der Waals surface area contributed by atoms with Gasteiger partial charge in [0.05, 0.1) is 5.56 Å². The van der Waals surface area contributed by atoms with Crippen LogP contribution in [0.3, 0.4) is 0 Å². The SMILES string of the molecule is Cc1cc(Nc2ccc(CN(C(=O)C=Cc3ccc(C(F)(F)F)cc3)C3CCN(C4CCN(C)CC4)CC3)cn2)ccn1. The summed E-state index contributed by atoms with van der Waals surface area (Å²) in [4.78, 5) is 29.2. The van der Waals surface area contributed by atoms with E-state index in [4.69, 9.17) is 0 Å². The molecule has 2 saturated heterocycles. The Morgan fingerprint density at radius 1 is 1.00 bits per heavy atom. The van der Waals surface area contributed by atoms with Crippen molar-refractivity contribution in [1.29, 1.82) is 0 Å². The number of benzene rings is 1. The number of carbonyl (C=O) groups excluding carboxylic acids is 1. The number of piperidine rings is 2. The van der Waals surface area contributed by atoms with E-state index in [9.17, 15) is 18.0 Å². The van der Waals surface area contributed by atoms with E-state index >= 15 is 0 Å². The number of aryl methyl sites for hydroxylation is 1. The molecule has 0 spiro atoms. The van der Waals surface area contributed by atoms with Crippen LogP contribution >= 0.6 is 0 Å². The van der Waals surface area contributed by atoms with E-state index in [1.165, 1.54) is 31.1 Å². The average molecular weight is 593 g/mol. The fourth-order valence-electron chi connectivity index (χ4n) is 5.92. The molecule has 3 aromatic rings. The van der Waals surface area contributed by atoms with Gasteiger partial charge in [-0.25, -0.2) is 4.98 Å². The Morgan fingerprint density at radius 3 is 2.35 bits per heavy atom. The number of anilines is 2. The van der Waals surface area contributed by atoms with Gasteiger partial charge in [-0.1, -0.05) is 18.2 Å². The Morgan fingerprint density at radius 2 is 1.72 bits per heavy atom. The molecule has 43 heavy (non-hydrogen) atoms. The van der Waals surface area contributed by atoms with E-state index in [2.05, 4.69) is 32.1 Å². The van der Waals surface area contributed by atoms with Gasteiger partial charge in [-0.3, -0.25) is 9.78 Å². The van der Waals surface area contributed by atoms with Gasteiger partial charge in [-0.05, 0) is 100 Å². The highest BCUT2D eigenvalue weighted by molar-refractivity contribution is 5.92. The molecule has 7 nitrogen and oxygen atoms in total. The van der Waals surface area contributed by atoms with Crippen LogP contribution in [0.4, 0.5) is 24.7 Å². The van der Waals surface area contributed by atoms with Crippen molar-refractivity contribution in [3.63, 3.8) is 0 Å². The van der Waals surface area contributed by atoms with Crippen LogP contribution in [-0.4, -0.2) is 75.9 Å². The molecular formula is C33H39F3N6O. The zero-order valence-electron chi connectivity index (χ0n) is 24.7. The highest BCUT2D eigenvalue weighted by Gasteiger charge is 2.32. The molecule has 0 saturated carbocycles. The highest BCUT2D eigenvalue weighted by Crippen LogP contribution is 2.29. The Hall–Kier alpha value is -3.76. The molecule has 2 fully saturated rings. The van der Waals surface area contributed by atoms with E-state index < -0.39 is 11.7 Å². The van der Waals surface area contributed by atoms with Crippen LogP contribution in [0.15, 0.2) is 67.0 Å². The predicted molar refractivity (Wildman–Crippen MR) is 163 cm³/mol. The van der Waals surface area contributed by atoms with Crippen LogP contribution in [-0.2, 0) is 17.5 Å². The normalized spacial score (nSPS) is 17.8. The number of hydrogen-bond acceptors (Lipinski definition) is 6. The van der Waals surface area contributed by atoms with Crippen molar-refractivity contribution in [3.05, 3.63) is 89.4 Å². The van der Waals surface area contributed by atoms with Gasteiger partial charge in [0.15, 0.2) is 0 Å². The van der Waals surface area contributed by atoms with Gasteiger partial charge in [0.2, 0.25) is 5.91 Å². The lowest BCUT2D eigenvalue weighted by molar-refractivity contribution is -0.137. The second-order valence-corrected chi connectivity index (χ2v) is 11.6. The molecule has 0 radical (unpaired) electrons. The number of alkyl halides is 3. The van der Waals surface area contributed by atoms with Crippen molar-refractivity contribution >= 4 is 23.5 Å². The average Bonchev–Trinajstić information content (AvgIpc) is 3.00. The van der Waals surface area contributed by atoms with Crippen molar-refractivity contribution < 1.29 is 18.0 Å². The molecule has 0 aliphatic carbocycles. The lowest BCUT2D eigenvalue weighted by Gasteiger charge is -2.43. The summed E-state index contributed by atoms with van der Waals surface area (Å²) in [5.41, 5.74) is 2.54. The highest BCUT2D eigenvalue weighted by atomic mass is 19.4. The Labute approximate surface area is 251 Å². The molecule has 0 atom stereocenters. The van der Waals surface area contributed by atoms with Gasteiger partial charge in [0, 0.05) is 61.6 Å². The molecule has 2 aromatic heterocycles. The summed E-state index contributed by atoms with van der Waals surface area (Å²) in [5, 5.41) is 3.28. The van der Waals surface area contributed by atoms with E-state index in [0.717, 1.165) is 68.1 Å². The Balaban J connectivity index is 1.28. The number of halogens is 3. The lowest BCUT2D eigenvalue weighted by atomic mass is 9.96. The molecule has 2 aliphatic rings. The van der Waals surface area contributed by atoms with Crippen molar-refractivity contribution in [1.82, 2.24) is 24.7 Å². The van der Waals surface area contributed by atoms with Gasteiger partial charge in [-0.15, -0.1) is 0 Å². The molecule has 0 bridgehead atoms. The van der Waals surface area contributed by atoms with Gasteiger partial charge in [0.1, 0.15) is 5.82 Å². The molecule has 2 aliphatic heterocycles. The summed E-state index contributed by atoms with van der Waals surface area (Å²) >= 11 is 0. The number of nitrogens with one attached hydrogen (secondary N) is 1. The number of carbonyl (C=O) groups is 1. The number of hydrogen-bond donors (Lipinski definition) is 1. The number of pyridine rings is 2. The van der Waals surface area contributed by atoms with Crippen molar-refractivity contribution in [3.8, 4) is 0 Å². The molecular weight excluding hydrogens is 553 g/mol. The first kappa shape index (κ1) is 30.7. The summed E-state index contributed by atoms with van der Waals surface area (Å²) < 4.78 is 38.9. The van der Waals surface area contributed by atoms with Crippen LogP contribution in [0.25, 0.3) is 6.08 Å². The molecule has 1 N–H and O–H groups in total. The van der Waals surface area contributed by atoms with Crippen molar-refractivity contribution in [2.75, 3.05) is 38.5 Å².